The van der Waals surface area contributed by atoms with Crippen molar-refractivity contribution in [3.8, 4) is 5.75 Å². The van der Waals surface area contributed by atoms with Gasteiger partial charge in [0, 0.05) is 22.7 Å². The third kappa shape index (κ3) is 2.47. The summed E-state index contributed by atoms with van der Waals surface area (Å²) >= 11 is -2.21. The SMILES string of the molecule is O=S([O-])c1ccc2c(c1)CN(c1ccccc1)CO2. The zero-order chi connectivity index (χ0) is 13.2. The molecule has 1 heterocycles. The summed E-state index contributed by atoms with van der Waals surface area (Å²) in [5, 5.41) is 0. The second kappa shape index (κ2) is 5.03. The van der Waals surface area contributed by atoms with Crippen molar-refractivity contribution in [1.82, 2.24) is 0 Å². The summed E-state index contributed by atoms with van der Waals surface area (Å²) < 4.78 is 27.6. The van der Waals surface area contributed by atoms with Crippen molar-refractivity contribution >= 4 is 16.8 Å². The Morgan fingerprint density at radius 1 is 1.16 bits per heavy atom. The molecule has 0 N–H and O–H groups in total. The van der Waals surface area contributed by atoms with E-state index in [-0.39, 0.29) is 4.90 Å². The minimum Gasteiger partial charge on any atom is -0.768 e. The highest BCUT2D eigenvalue weighted by atomic mass is 32.2. The number of rotatable bonds is 2. The van der Waals surface area contributed by atoms with Gasteiger partial charge in [-0.15, -0.1) is 0 Å². The first-order valence-corrected chi connectivity index (χ1v) is 6.96. The minimum atomic E-state index is -2.21. The van der Waals surface area contributed by atoms with Crippen LogP contribution in [0, 0.1) is 0 Å². The molecular weight excluding hydrogens is 262 g/mol. The second-order valence-electron chi connectivity index (χ2n) is 4.31. The smallest absolute Gasteiger partial charge is 0.161 e. The zero-order valence-electron chi connectivity index (χ0n) is 10.1. The van der Waals surface area contributed by atoms with Crippen LogP contribution in [0.2, 0.25) is 0 Å². The van der Waals surface area contributed by atoms with Crippen LogP contribution in [-0.2, 0) is 17.6 Å². The minimum absolute atomic E-state index is 0.289. The number of para-hydroxylation sites is 1. The first-order valence-electron chi connectivity index (χ1n) is 5.89. The van der Waals surface area contributed by atoms with Gasteiger partial charge in [-0.2, -0.15) is 0 Å². The van der Waals surface area contributed by atoms with E-state index in [2.05, 4.69) is 4.90 Å². The van der Waals surface area contributed by atoms with Gasteiger partial charge in [-0.05, 0) is 41.4 Å². The van der Waals surface area contributed by atoms with Gasteiger partial charge < -0.3 is 14.2 Å². The number of fused-ring (bicyclic) bond motifs is 1. The predicted octanol–water partition coefficient (Wildman–Crippen LogP) is 2.28. The van der Waals surface area contributed by atoms with E-state index >= 15 is 0 Å². The van der Waals surface area contributed by atoms with E-state index in [1.807, 2.05) is 30.3 Å². The summed E-state index contributed by atoms with van der Waals surface area (Å²) in [6.07, 6.45) is 0. The molecule has 98 valence electrons. The highest BCUT2D eigenvalue weighted by Gasteiger charge is 2.17. The Kier molecular flexibility index (Phi) is 3.23. The van der Waals surface area contributed by atoms with Crippen molar-refractivity contribution in [2.24, 2.45) is 0 Å². The largest absolute Gasteiger partial charge is 0.768 e. The Hall–Kier alpha value is -1.85. The molecule has 0 bridgehead atoms. The lowest BCUT2D eigenvalue weighted by Crippen LogP contribution is -2.31. The van der Waals surface area contributed by atoms with Crippen LogP contribution in [-0.4, -0.2) is 15.5 Å². The molecule has 4 nitrogen and oxygen atoms in total. The first kappa shape index (κ1) is 12.2. The fourth-order valence-electron chi connectivity index (χ4n) is 2.13. The Morgan fingerprint density at radius 2 is 1.95 bits per heavy atom. The molecule has 3 rings (SSSR count). The van der Waals surface area contributed by atoms with E-state index in [1.165, 1.54) is 0 Å². The normalized spacial score (nSPS) is 15.5. The van der Waals surface area contributed by atoms with E-state index in [4.69, 9.17) is 4.74 Å². The van der Waals surface area contributed by atoms with Gasteiger partial charge in [0.15, 0.2) is 6.73 Å². The zero-order valence-corrected chi connectivity index (χ0v) is 10.9. The van der Waals surface area contributed by atoms with E-state index in [0.717, 1.165) is 17.0 Å². The monoisotopic (exact) mass is 274 g/mol. The molecule has 1 aliphatic heterocycles. The van der Waals surface area contributed by atoms with Gasteiger partial charge in [-0.3, -0.25) is 4.21 Å². The van der Waals surface area contributed by atoms with Crippen molar-refractivity contribution < 1.29 is 13.5 Å². The van der Waals surface area contributed by atoms with Crippen LogP contribution in [0.5, 0.6) is 5.75 Å². The lowest BCUT2D eigenvalue weighted by atomic mass is 10.1. The molecule has 2 aromatic rings. The summed E-state index contributed by atoms with van der Waals surface area (Å²) in [6.45, 7) is 1.11. The number of anilines is 1. The van der Waals surface area contributed by atoms with Crippen molar-refractivity contribution in [3.05, 3.63) is 54.1 Å². The topological polar surface area (TPSA) is 52.6 Å². The van der Waals surface area contributed by atoms with Gasteiger partial charge in [0.1, 0.15) is 5.75 Å². The quantitative estimate of drug-likeness (QED) is 0.788. The Bertz CT molecular complexity index is 615. The number of ether oxygens (including phenoxy) is 1. The molecule has 5 heteroatoms. The Labute approximate surface area is 113 Å². The van der Waals surface area contributed by atoms with Gasteiger partial charge in [0.05, 0.1) is 0 Å². The highest BCUT2D eigenvalue weighted by molar-refractivity contribution is 7.79. The van der Waals surface area contributed by atoms with Crippen LogP contribution in [0.4, 0.5) is 5.69 Å². The molecule has 0 aliphatic carbocycles. The number of benzene rings is 2. The molecule has 1 atom stereocenters. The molecule has 1 aliphatic rings. The lowest BCUT2D eigenvalue weighted by molar-refractivity contribution is 0.289. The summed E-state index contributed by atoms with van der Waals surface area (Å²) in [5.41, 5.74) is 1.94. The maximum Gasteiger partial charge on any atom is 0.161 e. The number of hydrogen-bond donors (Lipinski definition) is 0. The van der Waals surface area contributed by atoms with E-state index in [1.54, 1.807) is 18.2 Å². The van der Waals surface area contributed by atoms with Crippen molar-refractivity contribution in [3.63, 3.8) is 0 Å². The molecule has 0 radical (unpaired) electrons. The third-order valence-electron chi connectivity index (χ3n) is 3.08. The molecule has 0 spiro atoms. The summed E-state index contributed by atoms with van der Waals surface area (Å²) in [4.78, 5) is 2.34. The van der Waals surface area contributed by atoms with Crippen molar-refractivity contribution in [2.75, 3.05) is 11.6 Å². The maximum absolute atomic E-state index is 11.0. The van der Waals surface area contributed by atoms with Gasteiger partial charge in [-0.1, -0.05) is 18.2 Å². The lowest BCUT2D eigenvalue weighted by Gasteiger charge is -2.31. The standard InChI is InChI=1S/C14H13NO3S/c16-19(17)13-6-7-14-11(8-13)9-15(10-18-14)12-4-2-1-3-5-12/h1-8H,9-10H2,(H,16,17)/p-1. The molecule has 1 unspecified atom stereocenters. The molecule has 0 fully saturated rings. The third-order valence-corrected chi connectivity index (χ3v) is 3.72. The van der Waals surface area contributed by atoms with E-state index in [9.17, 15) is 8.76 Å². The Balaban J connectivity index is 1.90. The van der Waals surface area contributed by atoms with Crippen LogP contribution < -0.4 is 9.64 Å². The summed E-state index contributed by atoms with van der Waals surface area (Å²) in [5.74, 6) is 0.751. The molecule has 19 heavy (non-hydrogen) atoms. The number of hydrogen-bond acceptors (Lipinski definition) is 4. The van der Waals surface area contributed by atoms with Crippen molar-refractivity contribution in [2.45, 2.75) is 11.4 Å². The summed E-state index contributed by atoms with van der Waals surface area (Å²) in [7, 11) is 0. The molecular formula is C14H12NO3S-. The predicted molar refractivity (Wildman–Crippen MR) is 71.7 cm³/mol. The molecule has 0 saturated carbocycles. The first-order chi connectivity index (χ1) is 9.24. The van der Waals surface area contributed by atoms with E-state index in [0.29, 0.717) is 13.3 Å². The molecule has 2 aromatic carbocycles. The molecule has 0 aromatic heterocycles. The van der Waals surface area contributed by atoms with Crippen molar-refractivity contribution in [1.29, 1.82) is 0 Å². The Morgan fingerprint density at radius 3 is 2.68 bits per heavy atom. The molecule has 0 saturated heterocycles. The highest BCUT2D eigenvalue weighted by Crippen LogP contribution is 2.29. The van der Waals surface area contributed by atoms with Crippen LogP contribution >= 0.6 is 0 Å². The van der Waals surface area contributed by atoms with Gasteiger partial charge >= 0.3 is 0 Å². The fraction of sp³-hybridized carbons (Fsp3) is 0.143. The number of nitrogens with zero attached hydrogens (tertiary/aromatic N) is 1. The fourth-order valence-corrected chi connectivity index (χ4v) is 2.54. The average molecular weight is 274 g/mol. The van der Waals surface area contributed by atoms with Crippen LogP contribution in [0.3, 0.4) is 0 Å². The average Bonchev–Trinajstić information content (AvgIpc) is 2.47. The van der Waals surface area contributed by atoms with Gasteiger partial charge in [0.2, 0.25) is 0 Å². The summed E-state index contributed by atoms with van der Waals surface area (Å²) in [6, 6.07) is 14.8. The van der Waals surface area contributed by atoms with E-state index < -0.39 is 11.1 Å². The van der Waals surface area contributed by atoms with Gasteiger partial charge in [-0.25, -0.2) is 0 Å². The van der Waals surface area contributed by atoms with Crippen LogP contribution in [0.15, 0.2) is 53.4 Å². The molecule has 0 amide bonds. The van der Waals surface area contributed by atoms with Gasteiger partial charge in [0.25, 0.3) is 0 Å². The van der Waals surface area contributed by atoms with Crippen LogP contribution in [0.1, 0.15) is 5.56 Å². The maximum atomic E-state index is 11.0. The van der Waals surface area contributed by atoms with Crippen LogP contribution in [0.25, 0.3) is 0 Å². The second-order valence-corrected chi connectivity index (χ2v) is 5.25.